The summed E-state index contributed by atoms with van der Waals surface area (Å²) in [5.74, 6) is -0.193. The smallest absolute Gasteiger partial charge is 0.274 e. The van der Waals surface area contributed by atoms with Crippen molar-refractivity contribution in [1.29, 1.82) is 0 Å². The summed E-state index contributed by atoms with van der Waals surface area (Å²) in [6.07, 6.45) is 5.26. The third kappa shape index (κ3) is 3.22. The third-order valence-electron chi connectivity index (χ3n) is 4.12. The first kappa shape index (κ1) is 17.0. The Labute approximate surface area is 159 Å². The summed E-state index contributed by atoms with van der Waals surface area (Å²) < 4.78 is 1.47. The summed E-state index contributed by atoms with van der Waals surface area (Å²) in [5.41, 5.74) is 8.78. The van der Waals surface area contributed by atoms with Gasteiger partial charge in [-0.15, -0.1) is 0 Å². The SMILES string of the molecule is Cc1cnn(-c2nc(N)c(C(=O)NCc3cccc4cc[nH]c34)nc2Cl)c1. The van der Waals surface area contributed by atoms with Crippen molar-refractivity contribution < 1.29 is 4.79 Å². The van der Waals surface area contributed by atoms with E-state index in [1.54, 1.807) is 12.4 Å². The van der Waals surface area contributed by atoms with Gasteiger partial charge in [-0.3, -0.25) is 4.79 Å². The van der Waals surface area contributed by atoms with Gasteiger partial charge >= 0.3 is 0 Å². The average molecular weight is 382 g/mol. The lowest BCUT2D eigenvalue weighted by molar-refractivity contribution is 0.0946. The van der Waals surface area contributed by atoms with Crippen LogP contribution in [-0.4, -0.2) is 30.6 Å². The lowest BCUT2D eigenvalue weighted by Crippen LogP contribution is -2.26. The molecule has 0 spiro atoms. The fourth-order valence-corrected chi connectivity index (χ4v) is 3.03. The van der Waals surface area contributed by atoms with Crippen LogP contribution in [0.25, 0.3) is 16.7 Å². The van der Waals surface area contributed by atoms with Crippen molar-refractivity contribution in [3.63, 3.8) is 0 Å². The first-order valence-electron chi connectivity index (χ1n) is 8.21. The molecule has 4 aromatic rings. The number of aromatic amines is 1. The number of rotatable bonds is 4. The van der Waals surface area contributed by atoms with Crippen molar-refractivity contribution in [3.8, 4) is 5.82 Å². The van der Waals surface area contributed by atoms with E-state index in [-0.39, 0.29) is 22.5 Å². The number of para-hydroxylation sites is 1. The van der Waals surface area contributed by atoms with Gasteiger partial charge < -0.3 is 16.0 Å². The molecule has 4 N–H and O–H groups in total. The molecule has 0 radical (unpaired) electrons. The zero-order chi connectivity index (χ0) is 19.0. The number of hydrogen-bond donors (Lipinski definition) is 3. The fourth-order valence-electron chi connectivity index (χ4n) is 2.82. The van der Waals surface area contributed by atoms with Crippen molar-refractivity contribution in [1.82, 2.24) is 30.0 Å². The van der Waals surface area contributed by atoms with E-state index < -0.39 is 5.91 Å². The van der Waals surface area contributed by atoms with E-state index in [1.165, 1.54) is 4.68 Å². The van der Waals surface area contributed by atoms with Gasteiger partial charge in [-0.1, -0.05) is 29.8 Å². The van der Waals surface area contributed by atoms with Crippen LogP contribution in [0.4, 0.5) is 5.82 Å². The lowest BCUT2D eigenvalue weighted by atomic mass is 10.1. The van der Waals surface area contributed by atoms with Gasteiger partial charge in [-0.05, 0) is 29.5 Å². The maximum absolute atomic E-state index is 12.5. The second kappa shape index (κ2) is 6.73. The Kier molecular flexibility index (Phi) is 4.25. The zero-order valence-electron chi connectivity index (χ0n) is 14.4. The molecule has 0 aliphatic carbocycles. The van der Waals surface area contributed by atoms with Crippen molar-refractivity contribution in [2.24, 2.45) is 0 Å². The molecule has 1 amide bonds. The number of amides is 1. The van der Waals surface area contributed by atoms with Crippen LogP contribution in [0.1, 0.15) is 21.6 Å². The molecule has 3 aromatic heterocycles. The Morgan fingerprint density at radius 2 is 2.19 bits per heavy atom. The topological polar surface area (TPSA) is 115 Å². The maximum atomic E-state index is 12.5. The summed E-state index contributed by atoms with van der Waals surface area (Å²) >= 11 is 6.19. The number of benzene rings is 1. The zero-order valence-corrected chi connectivity index (χ0v) is 15.2. The quantitative estimate of drug-likeness (QED) is 0.502. The minimum atomic E-state index is -0.450. The molecule has 9 heteroatoms. The molecule has 136 valence electrons. The van der Waals surface area contributed by atoms with Gasteiger partial charge in [0.25, 0.3) is 5.91 Å². The third-order valence-corrected chi connectivity index (χ3v) is 4.37. The summed E-state index contributed by atoms with van der Waals surface area (Å²) in [6.45, 7) is 2.20. The van der Waals surface area contributed by atoms with Gasteiger partial charge in [-0.25, -0.2) is 14.6 Å². The van der Waals surface area contributed by atoms with Gasteiger partial charge in [0.1, 0.15) is 0 Å². The highest BCUT2D eigenvalue weighted by Crippen LogP contribution is 2.20. The van der Waals surface area contributed by atoms with Gasteiger partial charge in [0.15, 0.2) is 22.5 Å². The Hall–Kier alpha value is -3.39. The van der Waals surface area contributed by atoms with Crippen LogP contribution in [0.15, 0.2) is 42.9 Å². The first-order chi connectivity index (χ1) is 13.0. The van der Waals surface area contributed by atoms with E-state index in [9.17, 15) is 4.79 Å². The Morgan fingerprint density at radius 3 is 2.96 bits per heavy atom. The minimum Gasteiger partial charge on any atom is -0.382 e. The molecule has 0 saturated carbocycles. The molecule has 0 unspecified atom stereocenters. The van der Waals surface area contributed by atoms with Gasteiger partial charge in [0.05, 0.1) is 11.7 Å². The molecule has 0 aliphatic rings. The van der Waals surface area contributed by atoms with Gasteiger partial charge in [0, 0.05) is 18.9 Å². The normalized spacial score (nSPS) is 11.0. The largest absolute Gasteiger partial charge is 0.382 e. The molecule has 1 aromatic carbocycles. The number of aromatic nitrogens is 5. The first-order valence-corrected chi connectivity index (χ1v) is 8.58. The standard InChI is InChI=1S/C18H16ClN7O/c1-10-7-23-26(9-10)17-15(19)24-14(16(20)25-17)18(27)22-8-12-4-2-3-11-5-6-21-13(11)12/h2-7,9,21H,8H2,1H3,(H2,20,25)(H,22,27). The molecule has 4 rings (SSSR count). The van der Waals surface area contributed by atoms with E-state index in [1.807, 2.05) is 37.4 Å². The number of carbonyl (C=O) groups excluding carboxylic acids is 1. The summed E-state index contributed by atoms with van der Waals surface area (Å²) in [4.78, 5) is 24.0. The number of fused-ring (bicyclic) bond motifs is 1. The Balaban J connectivity index is 1.57. The molecule has 3 heterocycles. The van der Waals surface area contributed by atoms with E-state index >= 15 is 0 Å². The number of H-pyrrole nitrogens is 1. The van der Waals surface area contributed by atoms with E-state index in [0.29, 0.717) is 6.54 Å². The average Bonchev–Trinajstić information content (AvgIpc) is 3.30. The fraction of sp³-hybridized carbons (Fsp3) is 0.111. The Morgan fingerprint density at radius 1 is 1.33 bits per heavy atom. The maximum Gasteiger partial charge on any atom is 0.274 e. The molecular weight excluding hydrogens is 366 g/mol. The summed E-state index contributed by atoms with van der Waals surface area (Å²) in [7, 11) is 0. The lowest BCUT2D eigenvalue weighted by Gasteiger charge is -2.10. The van der Waals surface area contributed by atoms with E-state index in [0.717, 1.165) is 22.0 Å². The summed E-state index contributed by atoms with van der Waals surface area (Å²) in [6, 6.07) is 7.84. The van der Waals surface area contributed by atoms with Crippen LogP contribution >= 0.6 is 11.6 Å². The summed E-state index contributed by atoms with van der Waals surface area (Å²) in [5, 5.41) is 8.06. The van der Waals surface area contributed by atoms with Crippen LogP contribution in [0.2, 0.25) is 5.15 Å². The molecule has 8 nitrogen and oxygen atoms in total. The highest BCUT2D eigenvalue weighted by atomic mass is 35.5. The van der Waals surface area contributed by atoms with Gasteiger partial charge in [-0.2, -0.15) is 5.10 Å². The molecule has 0 fully saturated rings. The molecule has 27 heavy (non-hydrogen) atoms. The van der Waals surface area contributed by atoms with Crippen molar-refractivity contribution in [2.75, 3.05) is 5.73 Å². The highest BCUT2D eigenvalue weighted by molar-refractivity contribution is 6.31. The monoisotopic (exact) mass is 381 g/mol. The van der Waals surface area contributed by atoms with Crippen molar-refractivity contribution in [2.45, 2.75) is 13.5 Å². The highest BCUT2D eigenvalue weighted by Gasteiger charge is 2.18. The van der Waals surface area contributed by atoms with Crippen LogP contribution in [0.3, 0.4) is 0 Å². The number of anilines is 1. The minimum absolute atomic E-state index is 0.0156. The van der Waals surface area contributed by atoms with Crippen LogP contribution < -0.4 is 11.1 Å². The van der Waals surface area contributed by atoms with Crippen LogP contribution in [0.5, 0.6) is 0 Å². The van der Waals surface area contributed by atoms with Gasteiger partial charge in [0.2, 0.25) is 0 Å². The number of aryl methyl sites for hydroxylation is 1. The number of halogens is 1. The molecule has 0 aliphatic heterocycles. The number of nitrogen functional groups attached to an aromatic ring is 1. The molecule has 0 saturated heterocycles. The van der Waals surface area contributed by atoms with E-state index in [2.05, 4.69) is 25.4 Å². The Bertz CT molecular complexity index is 1150. The van der Waals surface area contributed by atoms with Crippen molar-refractivity contribution >= 4 is 34.2 Å². The molecular formula is C18H16ClN7O. The number of nitrogens with zero attached hydrogens (tertiary/aromatic N) is 4. The molecule has 0 atom stereocenters. The second-order valence-corrected chi connectivity index (χ2v) is 6.43. The van der Waals surface area contributed by atoms with Crippen molar-refractivity contribution in [3.05, 3.63) is 64.8 Å². The number of hydrogen-bond acceptors (Lipinski definition) is 5. The second-order valence-electron chi connectivity index (χ2n) is 6.08. The number of carbonyl (C=O) groups is 1. The van der Waals surface area contributed by atoms with E-state index in [4.69, 9.17) is 17.3 Å². The number of nitrogens with one attached hydrogen (secondary N) is 2. The number of nitrogens with two attached hydrogens (primary N) is 1. The molecule has 0 bridgehead atoms. The predicted molar refractivity (Wildman–Crippen MR) is 103 cm³/mol. The van der Waals surface area contributed by atoms with Crippen LogP contribution in [0, 0.1) is 6.92 Å². The van der Waals surface area contributed by atoms with Crippen LogP contribution in [-0.2, 0) is 6.54 Å². The predicted octanol–water partition coefficient (Wildman–Crippen LogP) is 2.62.